The van der Waals surface area contributed by atoms with Gasteiger partial charge in [-0.1, -0.05) is 24.0 Å². The van der Waals surface area contributed by atoms with Gasteiger partial charge < -0.3 is 18.9 Å². The van der Waals surface area contributed by atoms with Gasteiger partial charge in [0.15, 0.2) is 0 Å². The van der Waals surface area contributed by atoms with Crippen molar-refractivity contribution < 1.29 is 14.3 Å². The van der Waals surface area contributed by atoms with Crippen molar-refractivity contribution >= 4 is 61.9 Å². The highest BCUT2D eigenvalue weighted by Crippen LogP contribution is 2.36. The molecule has 0 spiro atoms. The summed E-state index contributed by atoms with van der Waals surface area (Å²) in [6, 6.07) is 8.61. The number of nitrogens with zero attached hydrogens (tertiary/aromatic N) is 3. The van der Waals surface area contributed by atoms with E-state index in [1.807, 2.05) is 6.08 Å². The van der Waals surface area contributed by atoms with Crippen LogP contribution in [0.15, 0.2) is 33.6 Å². The maximum absolute atomic E-state index is 13.1. The quantitative estimate of drug-likeness (QED) is 0.375. The molecule has 0 unspecified atom stereocenters. The number of aromatic nitrogens is 1. The Balaban J connectivity index is 1.39. The van der Waals surface area contributed by atoms with Gasteiger partial charge in [0.2, 0.25) is 0 Å². The van der Waals surface area contributed by atoms with E-state index in [-0.39, 0.29) is 12.0 Å². The van der Waals surface area contributed by atoms with Crippen LogP contribution < -0.4 is 4.90 Å². The Morgan fingerprint density at radius 1 is 1.21 bits per heavy atom. The molecule has 0 saturated carbocycles. The molecule has 1 amide bonds. The fourth-order valence-electron chi connectivity index (χ4n) is 4.82. The van der Waals surface area contributed by atoms with Crippen molar-refractivity contribution in [3.63, 3.8) is 0 Å². The molecule has 1 aromatic heterocycles. The topological polar surface area (TPSA) is 46.9 Å². The maximum Gasteiger partial charge on any atom is 0.266 e. The summed E-state index contributed by atoms with van der Waals surface area (Å²) in [5.41, 5.74) is 5.51. The standard InChI is InChI=1S/C25H28BrN3O3S2/c1-16-12-18(13-23-24(30)28(25(33)34-23)15-20-4-3-9-32-20)17(2)29(16)19-5-6-22(21(26)14-19)27-7-10-31-11-8-27/h5-6,12-14,20H,3-4,7-11,15H2,1-2H3/b23-13-/t20-/m0/s1. The van der Waals surface area contributed by atoms with E-state index in [2.05, 4.69) is 63.5 Å². The zero-order chi connectivity index (χ0) is 23.8. The lowest BCUT2D eigenvalue weighted by atomic mass is 10.2. The van der Waals surface area contributed by atoms with E-state index in [0.29, 0.717) is 15.8 Å². The molecular weight excluding hydrogens is 534 g/mol. The fourth-order valence-corrected chi connectivity index (χ4v) is 6.70. The lowest BCUT2D eigenvalue weighted by Crippen LogP contribution is -2.36. The van der Waals surface area contributed by atoms with Gasteiger partial charge in [0.05, 0.1) is 36.5 Å². The molecule has 2 aromatic rings. The van der Waals surface area contributed by atoms with Crippen LogP contribution in [0.2, 0.25) is 0 Å². The van der Waals surface area contributed by atoms with Crippen molar-refractivity contribution in [3.8, 4) is 5.69 Å². The number of carbonyl (C=O) groups excluding carboxylic acids is 1. The predicted octanol–water partition coefficient (Wildman–Crippen LogP) is 5.07. The molecule has 0 radical (unpaired) electrons. The molecule has 5 rings (SSSR count). The summed E-state index contributed by atoms with van der Waals surface area (Å²) in [5, 5.41) is 0. The number of rotatable bonds is 5. The van der Waals surface area contributed by atoms with E-state index in [1.165, 1.54) is 17.4 Å². The predicted molar refractivity (Wildman–Crippen MR) is 145 cm³/mol. The summed E-state index contributed by atoms with van der Waals surface area (Å²) in [6.45, 7) is 8.81. The van der Waals surface area contributed by atoms with Gasteiger partial charge in [0, 0.05) is 41.2 Å². The molecule has 180 valence electrons. The van der Waals surface area contributed by atoms with E-state index >= 15 is 0 Å². The molecule has 6 nitrogen and oxygen atoms in total. The number of aryl methyl sites for hydroxylation is 1. The molecular formula is C25H28BrN3O3S2. The number of thioether (sulfide) groups is 1. The monoisotopic (exact) mass is 561 g/mol. The van der Waals surface area contributed by atoms with Crippen LogP contribution in [0.4, 0.5) is 5.69 Å². The zero-order valence-corrected chi connectivity index (χ0v) is 22.6. The first-order chi connectivity index (χ1) is 16.4. The highest BCUT2D eigenvalue weighted by atomic mass is 79.9. The molecule has 1 aromatic carbocycles. The summed E-state index contributed by atoms with van der Waals surface area (Å²) < 4.78 is 15.1. The Morgan fingerprint density at radius 3 is 2.71 bits per heavy atom. The Labute approximate surface area is 218 Å². The molecule has 3 fully saturated rings. The van der Waals surface area contributed by atoms with E-state index in [4.69, 9.17) is 21.7 Å². The molecule has 0 aliphatic carbocycles. The second-order valence-electron chi connectivity index (χ2n) is 8.82. The van der Waals surface area contributed by atoms with Crippen molar-refractivity contribution in [1.82, 2.24) is 9.47 Å². The minimum absolute atomic E-state index is 0.0205. The molecule has 3 aliphatic heterocycles. The van der Waals surface area contributed by atoms with Crippen LogP contribution in [0, 0.1) is 13.8 Å². The number of hydrogen-bond donors (Lipinski definition) is 0. The van der Waals surface area contributed by atoms with Crippen LogP contribution in [0.1, 0.15) is 29.8 Å². The molecule has 3 aliphatic rings. The van der Waals surface area contributed by atoms with Gasteiger partial charge in [0.1, 0.15) is 4.32 Å². The largest absolute Gasteiger partial charge is 0.378 e. The van der Waals surface area contributed by atoms with E-state index in [0.717, 1.165) is 72.9 Å². The van der Waals surface area contributed by atoms with Gasteiger partial charge >= 0.3 is 0 Å². The first kappa shape index (κ1) is 24.1. The Hall–Kier alpha value is -1.65. The van der Waals surface area contributed by atoms with Crippen LogP contribution in [-0.4, -0.2) is 65.3 Å². The second kappa shape index (κ2) is 10.1. The minimum Gasteiger partial charge on any atom is -0.378 e. The van der Waals surface area contributed by atoms with Gasteiger partial charge in [-0.15, -0.1) is 0 Å². The van der Waals surface area contributed by atoms with Crippen molar-refractivity contribution in [2.24, 2.45) is 0 Å². The molecule has 3 saturated heterocycles. The third kappa shape index (κ3) is 4.73. The Bertz CT molecular complexity index is 1150. The fraction of sp³-hybridized carbons (Fsp3) is 0.440. The second-order valence-corrected chi connectivity index (χ2v) is 11.4. The van der Waals surface area contributed by atoms with Crippen LogP contribution in [0.5, 0.6) is 0 Å². The lowest BCUT2D eigenvalue weighted by Gasteiger charge is -2.30. The summed E-state index contributed by atoms with van der Waals surface area (Å²) >= 11 is 10.7. The summed E-state index contributed by atoms with van der Waals surface area (Å²) in [7, 11) is 0. The third-order valence-corrected chi connectivity index (χ3v) is 8.59. The third-order valence-electron chi connectivity index (χ3n) is 6.58. The van der Waals surface area contributed by atoms with Gasteiger partial charge in [0.25, 0.3) is 5.91 Å². The highest BCUT2D eigenvalue weighted by Gasteiger charge is 2.34. The van der Waals surface area contributed by atoms with Gasteiger partial charge in [-0.3, -0.25) is 9.69 Å². The number of carbonyl (C=O) groups is 1. The first-order valence-electron chi connectivity index (χ1n) is 11.6. The Kier molecular flexibility index (Phi) is 7.18. The van der Waals surface area contributed by atoms with Crippen LogP contribution in [0.3, 0.4) is 0 Å². The van der Waals surface area contributed by atoms with Crippen molar-refractivity contribution in [1.29, 1.82) is 0 Å². The van der Waals surface area contributed by atoms with Crippen molar-refractivity contribution in [2.75, 3.05) is 44.4 Å². The molecule has 34 heavy (non-hydrogen) atoms. The minimum atomic E-state index is -0.0205. The average molecular weight is 563 g/mol. The SMILES string of the molecule is Cc1cc(/C=C2\SC(=S)N(C[C@@H]3CCCO3)C2=O)c(C)n1-c1ccc(N2CCOCC2)c(Br)c1. The van der Waals surface area contributed by atoms with E-state index in [9.17, 15) is 4.79 Å². The van der Waals surface area contributed by atoms with Gasteiger partial charge in [-0.2, -0.15) is 0 Å². The van der Waals surface area contributed by atoms with E-state index < -0.39 is 0 Å². The normalized spacial score (nSPS) is 22.4. The number of ether oxygens (including phenoxy) is 2. The number of amides is 1. The van der Waals surface area contributed by atoms with Crippen LogP contribution >= 0.6 is 39.9 Å². The summed E-state index contributed by atoms with van der Waals surface area (Å²) in [6.07, 6.45) is 4.10. The Morgan fingerprint density at radius 2 is 2.00 bits per heavy atom. The average Bonchev–Trinajstić information content (AvgIpc) is 3.50. The number of hydrogen-bond acceptors (Lipinski definition) is 6. The smallest absolute Gasteiger partial charge is 0.266 e. The molecule has 9 heteroatoms. The van der Waals surface area contributed by atoms with E-state index in [1.54, 1.807) is 4.90 Å². The molecule has 4 heterocycles. The van der Waals surface area contributed by atoms with Gasteiger partial charge in [-0.05, 0) is 78.5 Å². The molecule has 0 N–H and O–H groups in total. The summed E-state index contributed by atoms with van der Waals surface area (Å²) in [4.78, 5) is 17.8. The van der Waals surface area contributed by atoms with Crippen molar-refractivity contribution in [3.05, 3.63) is 50.6 Å². The number of thiocarbonyl (C=S) groups is 1. The highest BCUT2D eigenvalue weighted by molar-refractivity contribution is 9.10. The number of halogens is 1. The zero-order valence-electron chi connectivity index (χ0n) is 19.4. The summed E-state index contributed by atoms with van der Waals surface area (Å²) in [5.74, 6) is -0.0205. The number of anilines is 1. The number of morpholine rings is 1. The van der Waals surface area contributed by atoms with Gasteiger partial charge in [-0.25, -0.2) is 0 Å². The van der Waals surface area contributed by atoms with Crippen LogP contribution in [-0.2, 0) is 14.3 Å². The first-order valence-corrected chi connectivity index (χ1v) is 13.6. The maximum atomic E-state index is 13.1. The lowest BCUT2D eigenvalue weighted by molar-refractivity contribution is -0.123. The molecule has 0 bridgehead atoms. The van der Waals surface area contributed by atoms with Crippen molar-refractivity contribution in [2.45, 2.75) is 32.8 Å². The van der Waals surface area contributed by atoms with Crippen LogP contribution in [0.25, 0.3) is 11.8 Å². The number of benzene rings is 1. The molecule has 1 atom stereocenters.